The van der Waals surface area contributed by atoms with Crippen molar-refractivity contribution in [2.45, 2.75) is 101 Å². The van der Waals surface area contributed by atoms with Gasteiger partial charge in [0.05, 0.1) is 26.2 Å². The molecule has 2 aromatic rings. The van der Waals surface area contributed by atoms with E-state index in [4.69, 9.17) is 5.11 Å². The van der Waals surface area contributed by atoms with E-state index in [-0.39, 0.29) is 130 Å². The molecule has 2 aromatic carbocycles. The van der Waals surface area contributed by atoms with E-state index >= 15 is 0 Å². The molecule has 84 heavy (non-hydrogen) atoms. The van der Waals surface area contributed by atoms with Crippen LogP contribution in [0.2, 0.25) is 0 Å². The molecule has 1 fully saturated rings. The zero-order chi connectivity index (χ0) is 61.8. The Kier molecular flexibility index (Phi) is 32.7. The number of hydrogen-bond donors (Lipinski definition) is 13. The number of benzene rings is 2. The molecule has 1 heterocycles. The lowest BCUT2D eigenvalue weighted by molar-refractivity contribution is -0.141. The quantitative estimate of drug-likeness (QED) is 0.0341. The van der Waals surface area contributed by atoms with Crippen LogP contribution in [-0.2, 0) is 65.6 Å². The molecule has 464 valence electrons. The van der Waals surface area contributed by atoms with Crippen molar-refractivity contribution < 1.29 is 88.2 Å². The minimum Gasteiger partial charge on any atom is -0.481 e. The highest BCUT2D eigenvalue weighted by atomic mass is 16.4. The fraction of sp³-hybridized carbons (Fsp3) is 0.564. The number of amides is 7. The number of rotatable bonds is 37. The average Bonchev–Trinajstić information content (AvgIpc) is 3.47. The second-order valence-corrected chi connectivity index (χ2v) is 20.2. The van der Waals surface area contributed by atoms with Crippen molar-refractivity contribution in [1.29, 1.82) is 0 Å². The SMILES string of the molecule is O=C(O)CCC(NC(=O)NC(CCC(=O)NCCCCCCCC(=O)NC(Cc1ccccc1)C(=O)NC(Cc1ccccc1)C(=O)NCCNC(=O)CN1CCN(CC(=O)O)CCN(CC(=O)O)CCN(CC(=O)O)CC1)C(=O)O)C(=O)O. The first kappa shape index (κ1) is 70.0. The van der Waals surface area contributed by atoms with E-state index in [0.29, 0.717) is 32.1 Å². The molecule has 0 aromatic heterocycles. The first-order valence-corrected chi connectivity index (χ1v) is 27.8. The summed E-state index contributed by atoms with van der Waals surface area (Å²) in [5, 5.41) is 74.1. The number of aliphatic carboxylic acids is 6. The minimum absolute atomic E-state index is 0.00896. The predicted molar refractivity (Wildman–Crippen MR) is 300 cm³/mol. The summed E-state index contributed by atoms with van der Waals surface area (Å²) >= 11 is 0. The van der Waals surface area contributed by atoms with E-state index in [2.05, 4.69) is 31.9 Å². The van der Waals surface area contributed by atoms with Crippen LogP contribution in [0.25, 0.3) is 0 Å². The summed E-state index contributed by atoms with van der Waals surface area (Å²) in [6.45, 7) is 0.915. The molecule has 13 N–H and O–H groups in total. The van der Waals surface area contributed by atoms with Crippen molar-refractivity contribution in [2.24, 2.45) is 0 Å². The van der Waals surface area contributed by atoms with Crippen molar-refractivity contribution in [3.63, 3.8) is 0 Å². The van der Waals surface area contributed by atoms with Crippen LogP contribution in [0.3, 0.4) is 0 Å². The molecule has 3 rings (SSSR count). The van der Waals surface area contributed by atoms with Crippen LogP contribution in [0.5, 0.6) is 0 Å². The summed E-state index contributed by atoms with van der Waals surface area (Å²) in [4.78, 5) is 155. The lowest BCUT2D eigenvalue weighted by Crippen LogP contribution is -2.55. The fourth-order valence-electron chi connectivity index (χ4n) is 8.88. The Bertz CT molecular complexity index is 2440. The summed E-state index contributed by atoms with van der Waals surface area (Å²) in [6.07, 6.45) is 1.78. The number of unbranched alkanes of at least 4 members (excludes halogenated alkanes) is 4. The number of hydrogen-bond acceptors (Lipinski definition) is 16. The van der Waals surface area contributed by atoms with E-state index in [9.17, 15) is 83.1 Å². The fourth-order valence-corrected chi connectivity index (χ4v) is 8.88. The molecule has 0 radical (unpaired) electrons. The Morgan fingerprint density at radius 2 is 0.774 bits per heavy atom. The number of carbonyl (C=O) groups excluding carboxylic acids is 6. The molecule has 0 bridgehead atoms. The molecule has 29 heteroatoms. The summed E-state index contributed by atoms with van der Waals surface area (Å²) in [5.74, 6) is -9.95. The summed E-state index contributed by atoms with van der Waals surface area (Å²) < 4.78 is 0. The third-order valence-corrected chi connectivity index (χ3v) is 13.4. The third kappa shape index (κ3) is 31.2. The molecular formula is C55H81N11O18. The molecule has 4 unspecified atom stereocenters. The third-order valence-electron chi connectivity index (χ3n) is 13.4. The number of nitrogens with one attached hydrogen (secondary N) is 7. The average molecular weight is 1180 g/mol. The Hall–Kier alpha value is -8.28. The second-order valence-electron chi connectivity index (χ2n) is 20.2. The lowest BCUT2D eigenvalue weighted by Gasteiger charge is -2.32. The molecule has 1 aliphatic rings. The zero-order valence-electron chi connectivity index (χ0n) is 47.0. The van der Waals surface area contributed by atoms with Gasteiger partial charge in [-0.3, -0.25) is 62.8 Å². The van der Waals surface area contributed by atoms with Crippen molar-refractivity contribution in [3.8, 4) is 0 Å². The van der Waals surface area contributed by atoms with Gasteiger partial charge in [0, 0.05) is 104 Å². The largest absolute Gasteiger partial charge is 0.481 e. The Morgan fingerprint density at radius 3 is 1.23 bits per heavy atom. The van der Waals surface area contributed by atoms with Gasteiger partial charge >= 0.3 is 41.8 Å². The number of carboxylic acids is 6. The molecule has 4 atom stereocenters. The van der Waals surface area contributed by atoms with Gasteiger partial charge in [0.1, 0.15) is 24.2 Å². The summed E-state index contributed by atoms with van der Waals surface area (Å²) in [7, 11) is 0. The van der Waals surface area contributed by atoms with Crippen molar-refractivity contribution >= 4 is 71.4 Å². The Balaban J connectivity index is 1.52. The van der Waals surface area contributed by atoms with E-state index in [1.165, 1.54) is 0 Å². The van der Waals surface area contributed by atoms with E-state index in [1.54, 1.807) is 74.2 Å². The van der Waals surface area contributed by atoms with Gasteiger partial charge in [0.25, 0.3) is 0 Å². The highest BCUT2D eigenvalue weighted by Crippen LogP contribution is 2.11. The number of urea groups is 1. The number of carboxylic acid groups (broad SMARTS) is 6. The van der Waals surface area contributed by atoms with Crippen LogP contribution >= 0.6 is 0 Å². The number of carbonyl (C=O) groups is 12. The summed E-state index contributed by atoms with van der Waals surface area (Å²) in [5.41, 5.74) is 1.49. The standard InChI is InChI=1S/C55H81N11O18/c67-44(19-17-40(53(80)81)61-55(84)62-41(54(82)83)18-20-47(70)71)56-21-11-3-1-2-10-16-45(68)59-43(33-39-14-8-5-9-15-39)52(79)60-42(32-38-12-6-4-7-13-38)51(78)58-23-22-57-46(69)34-63-24-26-64(35-48(72)73)28-30-66(37-50(76)77)31-29-65(27-25-63)36-49(74)75/h4-9,12-15,40-43H,1-3,10-11,16-37H2,(H,56,67)(H,57,69)(H,58,78)(H,59,68)(H,60,79)(H,70,71)(H,72,73)(H,74,75)(H,76,77)(H,80,81)(H,82,83)(H2,61,62,84). The van der Waals surface area contributed by atoms with Crippen LogP contribution < -0.4 is 37.2 Å². The molecule has 0 aliphatic carbocycles. The van der Waals surface area contributed by atoms with Crippen molar-refractivity contribution in [3.05, 3.63) is 71.8 Å². The molecule has 29 nitrogen and oxygen atoms in total. The van der Waals surface area contributed by atoms with Gasteiger partial charge in [-0.25, -0.2) is 14.4 Å². The maximum atomic E-state index is 14.1. The van der Waals surface area contributed by atoms with Gasteiger partial charge < -0.3 is 67.9 Å². The van der Waals surface area contributed by atoms with Gasteiger partial charge in [-0.2, -0.15) is 0 Å². The van der Waals surface area contributed by atoms with Crippen LogP contribution in [0.15, 0.2) is 60.7 Å². The van der Waals surface area contributed by atoms with Crippen LogP contribution in [0, 0.1) is 0 Å². The van der Waals surface area contributed by atoms with E-state index in [0.717, 1.165) is 11.1 Å². The van der Waals surface area contributed by atoms with Crippen LogP contribution in [0.4, 0.5) is 4.79 Å². The molecule has 0 spiro atoms. The van der Waals surface area contributed by atoms with E-state index in [1.807, 2.05) is 11.4 Å². The molecule has 1 saturated heterocycles. The lowest BCUT2D eigenvalue weighted by atomic mass is 10.0. The first-order valence-electron chi connectivity index (χ1n) is 27.8. The zero-order valence-corrected chi connectivity index (χ0v) is 47.0. The van der Waals surface area contributed by atoms with Gasteiger partial charge in [0.2, 0.25) is 29.5 Å². The highest BCUT2D eigenvalue weighted by molar-refractivity contribution is 5.92. The molecular weight excluding hydrogens is 1100 g/mol. The monoisotopic (exact) mass is 1180 g/mol. The highest BCUT2D eigenvalue weighted by Gasteiger charge is 2.29. The van der Waals surface area contributed by atoms with Gasteiger partial charge in [0.15, 0.2) is 0 Å². The summed E-state index contributed by atoms with van der Waals surface area (Å²) in [6, 6.07) is 11.5. The maximum absolute atomic E-state index is 14.1. The van der Waals surface area contributed by atoms with Crippen LogP contribution in [-0.4, -0.2) is 244 Å². The Labute approximate surface area is 486 Å². The maximum Gasteiger partial charge on any atom is 0.326 e. The van der Waals surface area contributed by atoms with Crippen molar-refractivity contribution in [2.75, 3.05) is 98.2 Å². The van der Waals surface area contributed by atoms with Gasteiger partial charge in [-0.15, -0.1) is 0 Å². The van der Waals surface area contributed by atoms with Crippen molar-refractivity contribution in [1.82, 2.24) is 56.8 Å². The van der Waals surface area contributed by atoms with Gasteiger partial charge in [-0.05, 0) is 36.8 Å². The first-order chi connectivity index (χ1) is 40.1. The smallest absolute Gasteiger partial charge is 0.326 e. The predicted octanol–water partition coefficient (Wildman–Crippen LogP) is -1.54. The van der Waals surface area contributed by atoms with E-state index < -0.39 is 108 Å². The van der Waals surface area contributed by atoms with Gasteiger partial charge in [-0.1, -0.05) is 79.9 Å². The minimum atomic E-state index is -1.58. The van der Waals surface area contributed by atoms with Crippen LogP contribution in [0.1, 0.15) is 75.3 Å². The molecule has 1 aliphatic heterocycles. The molecule has 7 amide bonds. The topological polar surface area (TPSA) is 423 Å². The Morgan fingerprint density at radius 1 is 0.369 bits per heavy atom. The molecule has 0 saturated carbocycles. The number of nitrogens with zero attached hydrogens (tertiary/aromatic N) is 4. The normalized spacial score (nSPS) is 15.2. The second kappa shape index (κ2) is 39.2.